The van der Waals surface area contributed by atoms with Crippen molar-refractivity contribution in [2.24, 2.45) is 0 Å². The Morgan fingerprint density at radius 2 is 2.00 bits per heavy atom. The van der Waals surface area contributed by atoms with Gasteiger partial charge < -0.3 is 5.32 Å². The fourth-order valence-electron chi connectivity index (χ4n) is 3.82. The van der Waals surface area contributed by atoms with Gasteiger partial charge in [0.15, 0.2) is 12.5 Å². The number of pyridine rings is 1. The van der Waals surface area contributed by atoms with Crippen LogP contribution in [-0.2, 0) is 23.8 Å². The minimum Gasteiger partial charge on any atom is -0.345 e. The molecule has 1 aromatic carbocycles. The van der Waals surface area contributed by atoms with Crippen molar-refractivity contribution in [3.63, 3.8) is 0 Å². The Morgan fingerprint density at radius 1 is 1.19 bits per heavy atom. The molecule has 11 heteroatoms. The molecule has 1 atom stereocenters. The highest BCUT2D eigenvalue weighted by Crippen LogP contribution is 2.31. The molecule has 1 aliphatic rings. The SMILES string of the molecule is O=C(CF)NC1CCCc2c1nnn2-c1cc(Cc2cc(F)cc(C(F)(F)F)c2)ccn1. The molecule has 0 spiro atoms. The van der Waals surface area contributed by atoms with E-state index >= 15 is 0 Å². The van der Waals surface area contributed by atoms with E-state index in [0.717, 1.165) is 24.2 Å². The summed E-state index contributed by atoms with van der Waals surface area (Å²) in [6.07, 6.45) is -1.16. The van der Waals surface area contributed by atoms with Gasteiger partial charge in [-0.15, -0.1) is 5.10 Å². The van der Waals surface area contributed by atoms with Gasteiger partial charge in [0.25, 0.3) is 5.91 Å². The number of fused-ring (bicyclic) bond motifs is 1. The molecule has 0 fully saturated rings. The second-order valence-corrected chi connectivity index (χ2v) is 7.52. The third-order valence-electron chi connectivity index (χ3n) is 5.21. The van der Waals surface area contributed by atoms with E-state index < -0.39 is 36.2 Å². The molecular weight excluding hydrogens is 433 g/mol. The summed E-state index contributed by atoms with van der Waals surface area (Å²) in [6.45, 7) is -1.13. The first kappa shape index (κ1) is 21.8. The number of nitrogens with zero attached hydrogens (tertiary/aromatic N) is 4. The summed E-state index contributed by atoms with van der Waals surface area (Å²) in [6, 6.07) is 5.24. The monoisotopic (exact) mass is 451 g/mol. The zero-order chi connectivity index (χ0) is 22.9. The summed E-state index contributed by atoms with van der Waals surface area (Å²) >= 11 is 0. The molecule has 1 amide bonds. The van der Waals surface area contributed by atoms with Crippen LogP contribution in [0.4, 0.5) is 22.0 Å². The van der Waals surface area contributed by atoms with E-state index in [9.17, 15) is 26.7 Å². The predicted molar refractivity (Wildman–Crippen MR) is 103 cm³/mol. The number of rotatable bonds is 5. The molecule has 0 saturated carbocycles. The largest absolute Gasteiger partial charge is 0.416 e. The first-order valence-corrected chi connectivity index (χ1v) is 9.86. The Labute approximate surface area is 179 Å². The maximum atomic E-state index is 13.7. The van der Waals surface area contributed by atoms with Crippen molar-refractivity contribution in [1.29, 1.82) is 0 Å². The fraction of sp³-hybridized carbons (Fsp3) is 0.333. The minimum atomic E-state index is -4.64. The standard InChI is InChI=1S/C21H18F5N5O/c22-11-19(32)28-16-2-1-3-17-20(16)29-30-31(17)18-9-12(4-5-27-18)6-13-7-14(21(24,25)26)10-15(23)8-13/h4-5,7-10,16H,1-3,6,11H2,(H,28,32). The van der Waals surface area contributed by atoms with E-state index in [0.29, 0.717) is 36.0 Å². The maximum absolute atomic E-state index is 13.7. The minimum absolute atomic E-state index is 0.0580. The number of carbonyl (C=O) groups excluding carboxylic acids is 1. The van der Waals surface area contributed by atoms with Crippen molar-refractivity contribution >= 4 is 5.91 Å². The van der Waals surface area contributed by atoms with Crippen LogP contribution in [0, 0.1) is 5.82 Å². The molecule has 32 heavy (non-hydrogen) atoms. The van der Waals surface area contributed by atoms with Crippen molar-refractivity contribution in [3.8, 4) is 5.82 Å². The topological polar surface area (TPSA) is 72.7 Å². The van der Waals surface area contributed by atoms with Gasteiger partial charge in [-0.3, -0.25) is 4.79 Å². The summed E-state index contributed by atoms with van der Waals surface area (Å²) in [5.74, 6) is -1.30. The number of hydrogen-bond acceptors (Lipinski definition) is 4. The number of alkyl halides is 4. The van der Waals surface area contributed by atoms with E-state index in [4.69, 9.17) is 0 Å². The number of hydrogen-bond donors (Lipinski definition) is 1. The van der Waals surface area contributed by atoms with Crippen molar-refractivity contribution in [2.75, 3.05) is 6.67 Å². The Hall–Kier alpha value is -3.37. The lowest BCUT2D eigenvalue weighted by molar-refractivity contribution is -0.137. The quantitative estimate of drug-likeness (QED) is 0.598. The molecule has 0 saturated heterocycles. The summed E-state index contributed by atoms with van der Waals surface area (Å²) in [5.41, 5.74) is 0.981. The molecule has 4 rings (SSSR count). The third kappa shape index (κ3) is 4.61. The van der Waals surface area contributed by atoms with Crippen LogP contribution in [0.2, 0.25) is 0 Å². The lowest BCUT2D eigenvalue weighted by Gasteiger charge is -2.22. The van der Waals surface area contributed by atoms with Gasteiger partial charge in [-0.1, -0.05) is 5.21 Å². The van der Waals surface area contributed by atoms with Crippen molar-refractivity contribution in [3.05, 3.63) is 70.4 Å². The average Bonchev–Trinajstić information content (AvgIpc) is 3.18. The van der Waals surface area contributed by atoms with Crippen LogP contribution in [0.5, 0.6) is 0 Å². The molecule has 6 nitrogen and oxygen atoms in total. The second-order valence-electron chi connectivity index (χ2n) is 7.52. The van der Waals surface area contributed by atoms with E-state index in [1.807, 2.05) is 0 Å². The van der Waals surface area contributed by atoms with Gasteiger partial charge in [-0.05, 0) is 67.1 Å². The highest BCUT2D eigenvalue weighted by atomic mass is 19.4. The zero-order valence-corrected chi connectivity index (χ0v) is 16.7. The van der Waals surface area contributed by atoms with E-state index in [1.165, 1.54) is 10.9 Å². The van der Waals surface area contributed by atoms with Gasteiger partial charge in [0.1, 0.15) is 11.5 Å². The Balaban J connectivity index is 1.61. The van der Waals surface area contributed by atoms with Crippen molar-refractivity contribution < 1.29 is 26.7 Å². The van der Waals surface area contributed by atoms with Gasteiger partial charge >= 0.3 is 6.18 Å². The molecule has 168 valence electrons. The lowest BCUT2D eigenvalue weighted by atomic mass is 9.95. The van der Waals surface area contributed by atoms with Crippen molar-refractivity contribution in [1.82, 2.24) is 25.3 Å². The lowest BCUT2D eigenvalue weighted by Crippen LogP contribution is -2.32. The molecule has 1 unspecified atom stereocenters. The van der Waals surface area contributed by atoms with Crippen LogP contribution in [0.25, 0.3) is 5.82 Å². The van der Waals surface area contributed by atoms with E-state index in [-0.39, 0.29) is 12.0 Å². The summed E-state index contributed by atoms with van der Waals surface area (Å²) in [4.78, 5) is 15.7. The van der Waals surface area contributed by atoms with Gasteiger partial charge in [0, 0.05) is 6.20 Å². The maximum Gasteiger partial charge on any atom is 0.416 e. The van der Waals surface area contributed by atoms with Gasteiger partial charge in [0.05, 0.1) is 17.3 Å². The van der Waals surface area contributed by atoms with Crippen LogP contribution in [0.15, 0.2) is 36.5 Å². The number of benzene rings is 1. The number of halogens is 5. The molecule has 1 N–H and O–H groups in total. The Bertz CT molecular complexity index is 1140. The molecule has 1 aliphatic carbocycles. The molecule has 2 heterocycles. The third-order valence-corrected chi connectivity index (χ3v) is 5.21. The highest BCUT2D eigenvalue weighted by molar-refractivity contribution is 5.77. The summed E-state index contributed by atoms with van der Waals surface area (Å²) in [7, 11) is 0. The Kier molecular flexibility index (Phi) is 5.90. The van der Waals surface area contributed by atoms with Crippen LogP contribution in [0.3, 0.4) is 0 Å². The number of amides is 1. The van der Waals surface area contributed by atoms with Crippen LogP contribution < -0.4 is 5.32 Å². The van der Waals surface area contributed by atoms with Crippen LogP contribution in [-0.4, -0.2) is 32.6 Å². The number of nitrogens with one attached hydrogen (secondary N) is 1. The fourth-order valence-corrected chi connectivity index (χ4v) is 3.82. The van der Waals surface area contributed by atoms with Crippen LogP contribution >= 0.6 is 0 Å². The molecule has 3 aromatic rings. The van der Waals surface area contributed by atoms with E-state index in [2.05, 4.69) is 20.6 Å². The molecule has 0 bridgehead atoms. The number of carbonyl (C=O) groups is 1. The zero-order valence-electron chi connectivity index (χ0n) is 16.7. The van der Waals surface area contributed by atoms with Crippen molar-refractivity contribution in [2.45, 2.75) is 37.9 Å². The smallest absolute Gasteiger partial charge is 0.345 e. The van der Waals surface area contributed by atoms with Gasteiger partial charge in [0.2, 0.25) is 0 Å². The summed E-state index contributed by atoms with van der Waals surface area (Å²) < 4.78 is 66.8. The molecular formula is C21H18F5N5O. The molecule has 0 aliphatic heterocycles. The van der Waals surface area contributed by atoms with Gasteiger partial charge in [-0.2, -0.15) is 17.9 Å². The first-order chi connectivity index (χ1) is 15.2. The molecule has 0 radical (unpaired) electrons. The predicted octanol–water partition coefficient (Wildman–Crippen LogP) is 3.87. The average molecular weight is 451 g/mol. The van der Waals surface area contributed by atoms with E-state index in [1.54, 1.807) is 12.1 Å². The van der Waals surface area contributed by atoms with Crippen LogP contribution in [0.1, 0.15) is 47.0 Å². The normalized spacial score (nSPS) is 16.0. The molecule has 2 aromatic heterocycles. The first-order valence-electron chi connectivity index (χ1n) is 9.86. The second kappa shape index (κ2) is 8.64. The highest BCUT2D eigenvalue weighted by Gasteiger charge is 2.31. The number of aromatic nitrogens is 4. The summed E-state index contributed by atoms with van der Waals surface area (Å²) in [5, 5.41) is 10.8. The Morgan fingerprint density at radius 3 is 2.75 bits per heavy atom. The van der Waals surface area contributed by atoms with Gasteiger partial charge in [-0.25, -0.2) is 13.8 Å².